The lowest BCUT2D eigenvalue weighted by molar-refractivity contribution is 0.271. The third-order valence-corrected chi connectivity index (χ3v) is 2.83. The summed E-state index contributed by atoms with van der Waals surface area (Å²) in [5, 5.41) is 9.02. The number of hydrogen-bond acceptors (Lipinski definition) is 4. The Morgan fingerprint density at radius 1 is 1.29 bits per heavy atom. The zero-order chi connectivity index (χ0) is 11.7. The van der Waals surface area contributed by atoms with E-state index in [1.54, 1.807) is 6.20 Å². The van der Waals surface area contributed by atoms with Crippen molar-refractivity contribution in [3.63, 3.8) is 0 Å². The minimum atomic E-state index is -0.137. The lowest BCUT2D eigenvalue weighted by Crippen LogP contribution is -1.95. The predicted molar refractivity (Wildman–Crippen MR) is 62.6 cm³/mol. The maximum Gasteiger partial charge on any atom is 0.154 e. The highest BCUT2D eigenvalue weighted by Gasteiger charge is 2.13. The van der Waals surface area contributed by atoms with Crippen LogP contribution in [0, 0.1) is 0 Å². The SMILES string of the molecule is OCc1nccc(-c2ccc3c(c2)CCO3)n1. The first kappa shape index (κ1) is 10.2. The number of aliphatic hydroxyl groups is 1. The minimum Gasteiger partial charge on any atom is -0.493 e. The summed E-state index contributed by atoms with van der Waals surface area (Å²) in [6, 6.07) is 7.88. The average Bonchev–Trinajstić information content (AvgIpc) is 2.86. The number of ether oxygens (including phenoxy) is 1. The number of aromatic nitrogens is 2. The van der Waals surface area contributed by atoms with E-state index in [0.717, 1.165) is 30.0 Å². The Balaban J connectivity index is 2.03. The van der Waals surface area contributed by atoms with Crippen molar-refractivity contribution in [2.45, 2.75) is 13.0 Å². The minimum absolute atomic E-state index is 0.137. The van der Waals surface area contributed by atoms with Crippen LogP contribution in [0.2, 0.25) is 0 Å². The highest BCUT2D eigenvalue weighted by Crippen LogP contribution is 2.29. The normalized spacial score (nSPS) is 13.2. The van der Waals surface area contributed by atoms with E-state index in [-0.39, 0.29) is 6.61 Å². The monoisotopic (exact) mass is 228 g/mol. The van der Waals surface area contributed by atoms with E-state index in [0.29, 0.717) is 5.82 Å². The van der Waals surface area contributed by atoms with Crippen molar-refractivity contribution in [3.05, 3.63) is 41.9 Å². The molecule has 1 aromatic heterocycles. The van der Waals surface area contributed by atoms with E-state index >= 15 is 0 Å². The van der Waals surface area contributed by atoms with E-state index in [4.69, 9.17) is 9.84 Å². The van der Waals surface area contributed by atoms with Gasteiger partial charge in [0, 0.05) is 18.2 Å². The van der Waals surface area contributed by atoms with Crippen molar-refractivity contribution in [3.8, 4) is 17.0 Å². The maximum absolute atomic E-state index is 9.02. The van der Waals surface area contributed by atoms with Gasteiger partial charge in [0.2, 0.25) is 0 Å². The van der Waals surface area contributed by atoms with Crippen LogP contribution in [0.1, 0.15) is 11.4 Å². The standard InChI is InChI=1S/C13H12N2O2/c16-8-13-14-5-3-11(15-13)9-1-2-12-10(7-9)4-6-17-12/h1-3,5,7,16H,4,6,8H2. The quantitative estimate of drug-likeness (QED) is 0.847. The van der Waals surface area contributed by atoms with Gasteiger partial charge in [0.1, 0.15) is 12.4 Å². The van der Waals surface area contributed by atoms with Crippen LogP contribution in [-0.2, 0) is 13.0 Å². The maximum atomic E-state index is 9.02. The van der Waals surface area contributed by atoms with E-state index in [1.807, 2.05) is 18.2 Å². The molecule has 3 rings (SSSR count). The molecule has 4 nitrogen and oxygen atoms in total. The molecule has 1 aliphatic heterocycles. The summed E-state index contributed by atoms with van der Waals surface area (Å²) in [6.07, 6.45) is 2.61. The van der Waals surface area contributed by atoms with Gasteiger partial charge in [0.05, 0.1) is 12.3 Å². The van der Waals surface area contributed by atoms with Gasteiger partial charge in [-0.05, 0) is 29.8 Å². The first-order valence-electron chi connectivity index (χ1n) is 5.56. The Labute approximate surface area is 98.9 Å². The van der Waals surface area contributed by atoms with Gasteiger partial charge in [0.15, 0.2) is 5.82 Å². The fourth-order valence-corrected chi connectivity index (χ4v) is 1.98. The van der Waals surface area contributed by atoms with Gasteiger partial charge in [-0.15, -0.1) is 0 Å². The summed E-state index contributed by atoms with van der Waals surface area (Å²) in [5.41, 5.74) is 3.08. The molecule has 0 saturated heterocycles. The second-order valence-electron chi connectivity index (χ2n) is 3.94. The van der Waals surface area contributed by atoms with Crippen molar-refractivity contribution >= 4 is 0 Å². The highest BCUT2D eigenvalue weighted by molar-refractivity contribution is 5.62. The molecule has 1 N–H and O–H groups in total. The Morgan fingerprint density at radius 2 is 2.24 bits per heavy atom. The number of fused-ring (bicyclic) bond motifs is 1. The van der Waals surface area contributed by atoms with Gasteiger partial charge < -0.3 is 9.84 Å². The molecule has 0 amide bonds. The Morgan fingerprint density at radius 3 is 3.12 bits per heavy atom. The van der Waals surface area contributed by atoms with Crippen LogP contribution in [0.4, 0.5) is 0 Å². The summed E-state index contributed by atoms with van der Waals surface area (Å²) in [5.74, 6) is 1.41. The molecule has 0 spiro atoms. The van der Waals surface area contributed by atoms with Crippen LogP contribution in [0.25, 0.3) is 11.3 Å². The molecule has 0 radical (unpaired) electrons. The Hall–Kier alpha value is -1.94. The molecule has 0 atom stereocenters. The van der Waals surface area contributed by atoms with Gasteiger partial charge in [-0.3, -0.25) is 0 Å². The largest absolute Gasteiger partial charge is 0.493 e. The average molecular weight is 228 g/mol. The lowest BCUT2D eigenvalue weighted by Gasteiger charge is -2.04. The number of aliphatic hydroxyl groups excluding tert-OH is 1. The number of nitrogens with zero attached hydrogens (tertiary/aromatic N) is 2. The molecule has 0 unspecified atom stereocenters. The third-order valence-electron chi connectivity index (χ3n) is 2.83. The molecule has 17 heavy (non-hydrogen) atoms. The third kappa shape index (κ3) is 1.87. The van der Waals surface area contributed by atoms with Crippen molar-refractivity contribution in [2.24, 2.45) is 0 Å². The lowest BCUT2D eigenvalue weighted by atomic mass is 10.1. The summed E-state index contributed by atoms with van der Waals surface area (Å²) in [7, 11) is 0. The molecule has 0 bridgehead atoms. The summed E-state index contributed by atoms with van der Waals surface area (Å²) in [4.78, 5) is 8.26. The molecule has 2 heterocycles. The number of rotatable bonds is 2. The topological polar surface area (TPSA) is 55.2 Å². The van der Waals surface area contributed by atoms with Crippen LogP contribution >= 0.6 is 0 Å². The van der Waals surface area contributed by atoms with Crippen molar-refractivity contribution in [1.82, 2.24) is 9.97 Å². The van der Waals surface area contributed by atoms with Gasteiger partial charge >= 0.3 is 0 Å². The van der Waals surface area contributed by atoms with Crippen LogP contribution in [0.5, 0.6) is 5.75 Å². The molecular weight excluding hydrogens is 216 g/mol. The van der Waals surface area contributed by atoms with Crippen molar-refractivity contribution in [1.29, 1.82) is 0 Å². The zero-order valence-corrected chi connectivity index (χ0v) is 9.26. The van der Waals surface area contributed by atoms with Crippen LogP contribution in [0.15, 0.2) is 30.5 Å². The smallest absolute Gasteiger partial charge is 0.154 e. The summed E-state index contributed by atoms with van der Waals surface area (Å²) >= 11 is 0. The molecule has 0 saturated carbocycles. The summed E-state index contributed by atoms with van der Waals surface area (Å²) < 4.78 is 5.46. The van der Waals surface area contributed by atoms with Gasteiger partial charge in [-0.25, -0.2) is 9.97 Å². The molecule has 4 heteroatoms. The van der Waals surface area contributed by atoms with E-state index in [1.165, 1.54) is 5.56 Å². The van der Waals surface area contributed by atoms with Crippen molar-refractivity contribution < 1.29 is 9.84 Å². The molecule has 86 valence electrons. The highest BCUT2D eigenvalue weighted by atomic mass is 16.5. The zero-order valence-electron chi connectivity index (χ0n) is 9.26. The predicted octanol–water partition coefficient (Wildman–Crippen LogP) is 1.57. The molecular formula is C13H12N2O2. The molecule has 0 aliphatic carbocycles. The fourth-order valence-electron chi connectivity index (χ4n) is 1.98. The second-order valence-corrected chi connectivity index (χ2v) is 3.94. The van der Waals surface area contributed by atoms with Crippen LogP contribution in [-0.4, -0.2) is 21.7 Å². The van der Waals surface area contributed by atoms with Gasteiger partial charge in [-0.2, -0.15) is 0 Å². The first-order valence-corrected chi connectivity index (χ1v) is 5.56. The number of benzene rings is 1. The summed E-state index contributed by atoms with van der Waals surface area (Å²) in [6.45, 7) is 0.617. The van der Waals surface area contributed by atoms with Gasteiger partial charge in [-0.1, -0.05) is 0 Å². The van der Waals surface area contributed by atoms with Gasteiger partial charge in [0.25, 0.3) is 0 Å². The number of hydrogen-bond donors (Lipinski definition) is 1. The van der Waals surface area contributed by atoms with Crippen LogP contribution in [0.3, 0.4) is 0 Å². The van der Waals surface area contributed by atoms with E-state index in [9.17, 15) is 0 Å². The molecule has 1 aliphatic rings. The van der Waals surface area contributed by atoms with E-state index in [2.05, 4.69) is 16.0 Å². The fraction of sp³-hybridized carbons (Fsp3) is 0.231. The van der Waals surface area contributed by atoms with E-state index < -0.39 is 0 Å². The molecule has 0 fully saturated rings. The van der Waals surface area contributed by atoms with Crippen molar-refractivity contribution in [2.75, 3.05) is 6.61 Å². The molecule has 1 aromatic carbocycles. The molecule has 2 aromatic rings. The first-order chi connectivity index (χ1) is 8.36. The Kier molecular flexibility index (Phi) is 2.49. The Bertz CT molecular complexity index is 555. The van der Waals surface area contributed by atoms with Crippen LogP contribution < -0.4 is 4.74 Å². The second kappa shape index (κ2) is 4.14.